The first-order valence-corrected chi connectivity index (χ1v) is 8.40. The summed E-state index contributed by atoms with van der Waals surface area (Å²) in [6.45, 7) is 4.13. The number of hydrogen-bond acceptors (Lipinski definition) is 3. The van der Waals surface area contributed by atoms with Crippen molar-refractivity contribution in [2.45, 2.75) is 13.8 Å². The van der Waals surface area contributed by atoms with Gasteiger partial charge in [0.1, 0.15) is 17.0 Å². The van der Waals surface area contributed by atoms with Crippen LogP contribution >= 0.6 is 11.3 Å². The van der Waals surface area contributed by atoms with Crippen molar-refractivity contribution in [2.24, 2.45) is 0 Å². The van der Waals surface area contributed by atoms with Crippen molar-refractivity contribution in [1.29, 1.82) is 0 Å². The first-order valence-electron chi connectivity index (χ1n) is 7.52. The summed E-state index contributed by atoms with van der Waals surface area (Å²) in [6, 6.07) is 14.5. The third kappa shape index (κ3) is 2.65. The van der Waals surface area contributed by atoms with Gasteiger partial charge in [0.05, 0.1) is 11.4 Å². The lowest BCUT2D eigenvalue weighted by atomic mass is 10.2. The zero-order valence-corrected chi connectivity index (χ0v) is 13.8. The smallest absolute Gasteiger partial charge is 0.288 e. The van der Waals surface area contributed by atoms with Crippen molar-refractivity contribution in [2.75, 3.05) is 0 Å². The van der Waals surface area contributed by atoms with Crippen molar-refractivity contribution < 1.29 is 5.32 Å². The van der Waals surface area contributed by atoms with Crippen LogP contribution in [0.25, 0.3) is 17.0 Å². The predicted molar refractivity (Wildman–Crippen MR) is 93.5 cm³/mol. The van der Waals surface area contributed by atoms with Crippen molar-refractivity contribution in [3.63, 3.8) is 0 Å². The van der Waals surface area contributed by atoms with E-state index in [0.717, 1.165) is 27.9 Å². The zero-order valence-electron chi connectivity index (χ0n) is 13.0. The molecule has 0 unspecified atom stereocenters. The maximum atomic E-state index is 4.78. The lowest BCUT2D eigenvalue weighted by molar-refractivity contribution is -0.478. The lowest BCUT2D eigenvalue weighted by Gasteiger charge is -1.99. The monoisotopic (exact) mass is 321 g/mol. The van der Waals surface area contributed by atoms with Crippen LogP contribution in [0.1, 0.15) is 11.3 Å². The molecule has 4 aromatic rings. The Balaban J connectivity index is 1.69. The van der Waals surface area contributed by atoms with Crippen molar-refractivity contribution in [1.82, 2.24) is 14.4 Å². The van der Waals surface area contributed by atoms with Crippen molar-refractivity contribution >= 4 is 27.8 Å². The van der Waals surface area contributed by atoms with E-state index >= 15 is 0 Å². The summed E-state index contributed by atoms with van der Waals surface area (Å²) in [4.78, 5) is 9.39. The van der Waals surface area contributed by atoms with E-state index < -0.39 is 0 Å². The topological polar surface area (TPSA) is 46.8 Å². The molecule has 1 aromatic carbocycles. The van der Waals surface area contributed by atoms with Crippen LogP contribution in [0.5, 0.6) is 0 Å². The van der Waals surface area contributed by atoms with Crippen LogP contribution in [0, 0.1) is 13.8 Å². The Morgan fingerprint density at radius 2 is 1.83 bits per heavy atom. The van der Waals surface area contributed by atoms with Gasteiger partial charge in [0.25, 0.3) is 5.13 Å². The van der Waals surface area contributed by atoms with Gasteiger partial charge in [0.15, 0.2) is 0 Å². The van der Waals surface area contributed by atoms with Gasteiger partial charge in [-0.25, -0.2) is 4.98 Å². The largest absolute Gasteiger partial charge is 0.298 e. The molecule has 0 aliphatic heterocycles. The van der Waals surface area contributed by atoms with Crippen molar-refractivity contribution in [3.8, 4) is 11.4 Å². The fraction of sp³-hybridized carbons (Fsp3) is 0.111. The number of aromatic nitrogens is 3. The Kier molecular flexibility index (Phi) is 3.44. The Bertz CT molecular complexity index is 966. The SMILES string of the molecule is Cc1ccc([NH2+]c2nc(-c3c(C)nc4ccccn34)cs2)cc1. The van der Waals surface area contributed by atoms with E-state index in [1.807, 2.05) is 31.3 Å². The summed E-state index contributed by atoms with van der Waals surface area (Å²) in [7, 11) is 0. The van der Waals surface area contributed by atoms with E-state index in [9.17, 15) is 0 Å². The Hall–Kier alpha value is -2.50. The second kappa shape index (κ2) is 5.61. The van der Waals surface area contributed by atoms with Gasteiger partial charge in [-0.1, -0.05) is 35.1 Å². The molecule has 114 valence electrons. The average Bonchev–Trinajstić information content (AvgIpc) is 3.12. The maximum absolute atomic E-state index is 4.78. The molecule has 0 aliphatic carbocycles. The number of rotatable bonds is 3. The molecule has 0 bridgehead atoms. The second-order valence-corrected chi connectivity index (χ2v) is 6.49. The van der Waals surface area contributed by atoms with E-state index in [4.69, 9.17) is 4.98 Å². The molecule has 23 heavy (non-hydrogen) atoms. The van der Waals surface area contributed by atoms with Crippen molar-refractivity contribution in [3.05, 3.63) is 65.3 Å². The van der Waals surface area contributed by atoms with Crippen LogP contribution in [0.15, 0.2) is 54.0 Å². The number of aryl methyl sites for hydroxylation is 2. The molecule has 0 amide bonds. The summed E-state index contributed by atoms with van der Waals surface area (Å²) < 4.78 is 2.10. The Morgan fingerprint density at radius 1 is 1.00 bits per heavy atom. The summed E-state index contributed by atoms with van der Waals surface area (Å²) in [5.74, 6) is 0. The highest BCUT2D eigenvalue weighted by atomic mass is 32.1. The average molecular weight is 321 g/mol. The van der Waals surface area contributed by atoms with Gasteiger partial charge in [-0.3, -0.25) is 9.72 Å². The molecule has 0 atom stereocenters. The van der Waals surface area contributed by atoms with Gasteiger partial charge in [0.2, 0.25) is 0 Å². The number of fused-ring (bicyclic) bond motifs is 1. The highest BCUT2D eigenvalue weighted by molar-refractivity contribution is 7.13. The summed E-state index contributed by atoms with van der Waals surface area (Å²) in [5, 5.41) is 5.23. The molecule has 3 heterocycles. The first-order chi connectivity index (χ1) is 11.2. The van der Waals surface area contributed by atoms with Gasteiger partial charge in [-0.2, -0.15) is 4.98 Å². The molecular weight excluding hydrogens is 304 g/mol. The quantitative estimate of drug-likeness (QED) is 0.586. The van der Waals surface area contributed by atoms with Crippen LogP contribution in [0.2, 0.25) is 0 Å². The minimum Gasteiger partial charge on any atom is -0.298 e. The molecule has 0 saturated carbocycles. The molecular formula is C18H17N4S+. The minimum absolute atomic E-state index is 0.956. The molecule has 4 rings (SSSR count). The number of nitrogens with two attached hydrogens (primary N) is 1. The van der Waals surface area contributed by atoms with Crippen LogP contribution in [-0.4, -0.2) is 14.4 Å². The minimum atomic E-state index is 0.956. The number of imidazole rings is 1. The third-order valence-electron chi connectivity index (χ3n) is 3.84. The number of pyridine rings is 1. The summed E-state index contributed by atoms with van der Waals surface area (Å²) in [5.41, 5.74) is 6.44. The van der Waals surface area contributed by atoms with E-state index in [1.54, 1.807) is 11.3 Å². The van der Waals surface area contributed by atoms with Crippen LogP contribution in [0.4, 0.5) is 10.8 Å². The van der Waals surface area contributed by atoms with E-state index in [-0.39, 0.29) is 0 Å². The summed E-state index contributed by atoms with van der Waals surface area (Å²) >= 11 is 1.66. The normalized spacial score (nSPS) is 11.2. The molecule has 4 nitrogen and oxygen atoms in total. The van der Waals surface area contributed by atoms with Crippen LogP contribution in [0.3, 0.4) is 0 Å². The fourth-order valence-electron chi connectivity index (χ4n) is 2.69. The van der Waals surface area contributed by atoms with Gasteiger partial charge in [0, 0.05) is 11.6 Å². The standard InChI is InChI=1S/C18H16N4S/c1-12-6-8-14(9-7-12)20-18-21-15(11-23-18)17-13(2)19-16-5-3-4-10-22(16)17/h3-11H,1-2H3,(H,20,21)/p+1. The molecule has 0 saturated heterocycles. The van der Waals surface area contributed by atoms with Gasteiger partial charge in [-0.05, 0) is 38.1 Å². The van der Waals surface area contributed by atoms with E-state index in [1.165, 1.54) is 11.3 Å². The van der Waals surface area contributed by atoms with Crippen LogP contribution in [-0.2, 0) is 0 Å². The lowest BCUT2D eigenvalue weighted by Crippen LogP contribution is -2.70. The highest BCUT2D eigenvalue weighted by Crippen LogP contribution is 2.27. The molecule has 0 fully saturated rings. The first kappa shape index (κ1) is 14.1. The second-order valence-electron chi connectivity index (χ2n) is 5.60. The molecule has 5 heteroatoms. The van der Waals surface area contributed by atoms with Gasteiger partial charge >= 0.3 is 0 Å². The van der Waals surface area contributed by atoms with E-state index in [2.05, 4.69) is 51.3 Å². The highest BCUT2D eigenvalue weighted by Gasteiger charge is 2.15. The zero-order chi connectivity index (χ0) is 15.8. The maximum Gasteiger partial charge on any atom is 0.288 e. The number of thiazole rings is 1. The van der Waals surface area contributed by atoms with Crippen LogP contribution < -0.4 is 5.32 Å². The molecule has 3 aromatic heterocycles. The van der Waals surface area contributed by atoms with E-state index in [0.29, 0.717) is 0 Å². The third-order valence-corrected chi connectivity index (χ3v) is 4.63. The number of benzene rings is 1. The molecule has 0 spiro atoms. The number of nitrogens with zero attached hydrogens (tertiary/aromatic N) is 3. The van der Waals surface area contributed by atoms with Gasteiger partial charge in [-0.15, -0.1) is 0 Å². The van der Waals surface area contributed by atoms with Gasteiger partial charge < -0.3 is 0 Å². The molecule has 0 aliphatic rings. The number of hydrogen-bond donors (Lipinski definition) is 1. The predicted octanol–water partition coefficient (Wildman–Crippen LogP) is 3.60. The summed E-state index contributed by atoms with van der Waals surface area (Å²) in [6.07, 6.45) is 2.04. The molecule has 0 radical (unpaired) electrons. The molecule has 2 N–H and O–H groups in total. The Labute approximate surface area is 138 Å². The Morgan fingerprint density at radius 3 is 2.65 bits per heavy atom. The number of quaternary nitrogens is 1. The fourth-order valence-corrected chi connectivity index (χ4v) is 3.44.